The van der Waals surface area contributed by atoms with Gasteiger partial charge in [-0.1, -0.05) is 13.3 Å². The van der Waals surface area contributed by atoms with E-state index in [9.17, 15) is 15.2 Å². The summed E-state index contributed by atoms with van der Waals surface area (Å²) in [7, 11) is 1.56. The molecule has 0 bridgehead atoms. The van der Waals surface area contributed by atoms with Gasteiger partial charge in [0.05, 0.1) is 42.8 Å². The number of ether oxygens (including phenoxy) is 1. The second kappa shape index (κ2) is 9.26. The van der Waals surface area contributed by atoms with Crippen molar-refractivity contribution in [3.8, 4) is 11.9 Å². The molecule has 2 aliphatic rings. The van der Waals surface area contributed by atoms with E-state index in [1.165, 1.54) is 4.90 Å². The van der Waals surface area contributed by atoms with Gasteiger partial charge in [-0.25, -0.2) is 14.8 Å². The van der Waals surface area contributed by atoms with Gasteiger partial charge in [0.25, 0.3) is 0 Å². The first-order chi connectivity index (χ1) is 15.8. The minimum Gasteiger partial charge on any atom is -0.481 e. The van der Waals surface area contributed by atoms with E-state index in [0.717, 1.165) is 67.6 Å². The Balaban J connectivity index is 1.49. The molecule has 1 fully saturated rings. The van der Waals surface area contributed by atoms with Crippen LogP contribution in [-0.4, -0.2) is 39.4 Å². The van der Waals surface area contributed by atoms with Crippen molar-refractivity contribution in [1.29, 1.82) is 5.26 Å². The monoisotopic (exact) mass is 449 g/mol. The van der Waals surface area contributed by atoms with Gasteiger partial charge in [0, 0.05) is 24.2 Å². The van der Waals surface area contributed by atoms with Crippen molar-refractivity contribution < 1.29 is 14.6 Å². The molecule has 2 atom stereocenters. The zero-order chi connectivity index (χ0) is 23.6. The quantitative estimate of drug-likeness (QED) is 0.677. The standard InChI is InChI=1S/C25H31N5O3/c1-17-9-20(13-27-23(17)33-3)30(24(31)32)14-19-5-4-8-25(2,11-19)15-29-16-28-21-7-6-18(12-26)10-22(21)29/h9-10,13,16,19H,4-8,11,14-15H2,1-3H3,(H,31,32). The zero-order valence-electron chi connectivity index (χ0n) is 19.5. The number of nitrogens with zero attached hydrogens (tertiary/aromatic N) is 5. The van der Waals surface area contributed by atoms with Gasteiger partial charge < -0.3 is 14.4 Å². The van der Waals surface area contributed by atoms with Gasteiger partial charge in [0.15, 0.2) is 0 Å². The third-order valence-electron chi connectivity index (χ3n) is 6.96. The summed E-state index contributed by atoms with van der Waals surface area (Å²) in [5.41, 5.74) is 4.33. The fraction of sp³-hybridized carbons (Fsp3) is 0.520. The first-order valence-corrected chi connectivity index (χ1v) is 11.5. The lowest BCUT2D eigenvalue weighted by molar-refractivity contribution is 0.134. The Morgan fingerprint density at radius 3 is 2.94 bits per heavy atom. The van der Waals surface area contributed by atoms with E-state index >= 15 is 0 Å². The van der Waals surface area contributed by atoms with Crippen LogP contribution in [0.25, 0.3) is 6.08 Å². The molecule has 33 heavy (non-hydrogen) atoms. The maximum Gasteiger partial charge on any atom is 0.411 e. The van der Waals surface area contributed by atoms with Crippen LogP contribution in [0.3, 0.4) is 0 Å². The summed E-state index contributed by atoms with van der Waals surface area (Å²) in [6.07, 6.45) is 10.1. The summed E-state index contributed by atoms with van der Waals surface area (Å²) >= 11 is 0. The fourth-order valence-corrected chi connectivity index (χ4v) is 5.39. The van der Waals surface area contributed by atoms with Crippen molar-refractivity contribution in [2.45, 2.75) is 58.9 Å². The molecule has 0 aromatic carbocycles. The van der Waals surface area contributed by atoms with Gasteiger partial charge in [0.2, 0.25) is 5.88 Å². The number of allylic oxidation sites excluding steroid dienone is 1. The predicted octanol–water partition coefficient (Wildman–Crippen LogP) is 4.83. The molecule has 4 rings (SSSR count). The Bertz CT molecular complexity index is 1120. The maximum absolute atomic E-state index is 12.1. The van der Waals surface area contributed by atoms with Crippen LogP contribution in [-0.2, 0) is 13.0 Å². The Kier molecular flexibility index (Phi) is 6.41. The predicted molar refractivity (Wildman–Crippen MR) is 125 cm³/mol. The molecule has 2 unspecified atom stereocenters. The second-order valence-electron chi connectivity index (χ2n) is 9.67. The summed E-state index contributed by atoms with van der Waals surface area (Å²) < 4.78 is 7.39. The number of aryl methyl sites for hydroxylation is 2. The molecule has 0 saturated heterocycles. The van der Waals surface area contributed by atoms with Gasteiger partial charge in [-0.2, -0.15) is 5.26 Å². The number of fused-ring (bicyclic) bond motifs is 1. The highest BCUT2D eigenvalue weighted by Gasteiger charge is 2.35. The number of hydrogen-bond acceptors (Lipinski definition) is 5. The Hall–Kier alpha value is -3.34. The number of pyridine rings is 1. The molecule has 2 aromatic heterocycles. The first-order valence-electron chi connectivity index (χ1n) is 11.5. The molecule has 2 aromatic rings. The molecule has 0 spiro atoms. The van der Waals surface area contributed by atoms with Crippen molar-refractivity contribution >= 4 is 17.9 Å². The Morgan fingerprint density at radius 2 is 2.24 bits per heavy atom. The highest BCUT2D eigenvalue weighted by Crippen LogP contribution is 2.42. The zero-order valence-corrected chi connectivity index (χ0v) is 19.5. The molecule has 1 amide bonds. The number of rotatable bonds is 6. The van der Waals surface area contributed by atoms with Crippen molar-refractivity contribution in [1.82, 2.24) is 14.5 Å². The van der Waals surface area contributed by atoms with E-state index in [0.29, 0.717) is 18.1 Å². The molecule has 2 heterocycles. The van der Waals surface area contributed by atoms with Crippen LogP contribution in [0.1, 0.15) is 56.0 Å². The SMILES string of the molecule is COc1ncc(N(CC2CCCC(C)(Cn3cnc4c3C=C(C#N)CC4)C2)C(=O)O)cc1C. The van der Waals surface area contributed by atoms with Gasteiger partial charge in [0.1, 0.15) is 0 Å². The number of methoxy groups -OCH3 is 1. The van der Waals surface area contributed by atoms with Crippen molar-refractivity contribution in [2.24, 2.45) is 11.3 Å². The van der Waals surface area contributed by atoms with Crippen molar-refractivity contribution in [2.75, 3.05) is 18.6 Å². The molecular weight excluding hydrogens is 418 g/mol. The lowest BCUT2D eigenvalue weighted by Gasteiger charge is -2.40. The van der Waals surface area contributed by atoms with Gasteiger partial charge in [-0.05, 0) is 62.5 Å². The van der Waals surface area contributed by atoms with Gasteiger partial charge in [-0.15, -0.1) is 0 Å². The lowest BCUT2D eigenvalue weighted by atomic mass is 9.70. The van der Waals surface area contributed by atoms with Gasteiger partial charge >= 0.3 is 6.09 Å². The van der Waals surface area contributed by atoms with Crippen LogP contribution in [0.2, 0.25) is 0 Å². The molecule has 0 aliphatic heterocycles. The molecule has 8 heteroatoms. The smallest absolute Gasteiger partial charge is 0.411 e. The van der Waals surface area contributed by atoms with Crippen LogP contribution in [0.4, 0.5) is 10.5 Å². The Labute approximate surface area is 194 Å². The summed E-state index contributed by atoms with van der Waals surface area (Å²) in [6, 6.07) is 4.11. The van der Waals surface area contributed by atoms with Crippen LogP contribution in [0.5, 0.6) is 5.88 Å². The topological polar surface area (TPSA) is 104 Å². The normalized spacial score (nSPS) is 22.1. The minimum absolute atomic E-state index is 0.0354. The minimum atomic E-state index is -0.966. The van der Waals surface area contributed by atoms with E-state index < -0.39 is 6.09 Å². The summed E-state index contributed by atoms with van der Waals surface area (Å²) in [5.74, 6) is 0.762. The number of nitriles is 1. The Morgan fingerprint density at radius 1 is 1.42 bits per heavy atom. The van der Waals surface area contributed by atoms with E-state index in [2.05, 4.69) is 27.5 Å². The number of carboxylic acid groups (broad SMARTS) is 1. The highest BCUT2D eigenvalue weighted by molar-refractivity contribution is 5.86. The van der Waals surface area contributed by atoms with Crippen LogP contribution in [0, 0.1) is 29.6 Å². The van der Waals surface area contributed by atoms with E-state index in [4.69, 9.17) is 4.74 Å². The first kappa shape index (κ1) is 22.8. The summed E-state index contributed by atoms with van der Waals surface area (Å²) in [5, 5.41) is 19.2. The number of anilines is 1. The number of carbonyl (C=O) groups is 1. The molecule has 2 aliphatic carbocycles. The molecule has 8 nitrogen and oxygen atoms in total. The number of hydrogen-bond donors (Lipinski definition) is 1. The second-order valence-corrected chi connectivity index (χ2v) is 9.67. The highest BCUT2D eigenvalue weighted by atomic mass is 16.5. The van der Waals surface area contributed by atoms with Crippen LogP contribution >= 0.6 is 0 Å². The van der Waals surface area contributed by atoms with Crippen LogP contribution in [0.15, 0.2) is 24.2 Å². The molecular formula is C25H31N5O3. The molecule has 1 N–H and O–H groups in total. The molecule has 174 valence electrons. The number of amides is 1. The van der Waals surface area contributed by atoms with Gasteiger partial charge in [-0.3, -0.25) is 4.90 Å². The van der Waals surface area contributed by atoms with Crippen molar-refractivity contribution in [3.05, 3.63) is 41.1 Å². The molecule has 0 radical (unpaired) electrons. The number of aromatic nitrogens is 3. The average Bonchev–Trinajstić information content (AvgIpc) is 3.18. The number of imidazole rings is 1. The largest absolute Gasteiger partial charge is 0.481 e. The molecule has 1 saturated carbocycles. The van der Waals surface area contributed by atoms with Crippen molar-refractivity contribution in [3.63, 3.8) is 0 Å². The van der Waals surface area contributed by atoms with E-state index in [1.807, 2.05) is 25.4 Å². The summed E-state index contributed by atoms with van der Waals surface area (Å²) in [6.45, 7) is 5.41. The maximum atomic E-state index is 12.1. The van der Waals surface area contributed by atoms with E-state index in [1.54, 1.807) is 13.3 Å². The summed E-state index contributed by atoms with van der Waals surface area (Å²) in [4.78, 5) is 22.4. The van der Waals surface area contributed by atoms with Crippen LogP contribution < -0.4 is 9.64 Å². The fourth-order valence-electron chi connectivity index (χ4n) is 5.39. The third-order valence-corrected chi connectivity index (χ3v) is 6.96. The average molecular weight is 450 g/mol. The third kappa shape index (κ3) is 4.87. The lowest BCUT2D eigenvalue weighted by Crippen LogP contribution is -2.39. The van der Waals surface area contributed by atoms with E-state index in [-0.39, 0.29) is 11.3 Å².